The van der Waals surface area contributed by atoms with Crippen LogP contribution in [0.2, 0.25) is 0 Å². The third-order valence-corrected chi connectivity index (χ3v) is 8.36. The van der Waals surface area contributed by atoms with E-state index in [1.807, 2.05) is 6.92 Å². The molecule has 5 heteroatoms. The quantitative estimate of drug-likeness (QED) is 0.661. The number of rotatable bonds is 1. The van der Waals surface area contributed by atoms with Crippen LogP contribution in [0.25, 0.3) is 0 Å². The number of hydrogen-bond donors (Lipinski definition) is 3. The van der Waals surface area contributed by atoms with E-state index in [4.69, 9.17) is 0 Å². The first-order valence-electron chi connectivity index (χ1n) is 9.96. The Kier molecular flexibility index (Phi) is 4.04. The molecule has 144 valence electrons. The molecule has 0 spiro atoms. The Balaban J connectivity index is 1.73. The van der Waals surface area contributed by atoms with Crippen LogP contribution in [-0.4, -0.2) is 45.2 Å². The zero-order valence-electron chi connectivity index (χ0n) is 15.7. The molecule has 0 heterocycles. The average molecular weight is 362 g/mol. The number of fused-ring (bicyclic) bond motifs is 5. The SMILES string of the molecule is C[C@]12CCC(=O)C=C1CC[C@@H]1[C@@H]2[C@@H](O)C[C@]2(C)C(=O)[C@@](O)(CO)CC[C@@H]12. The molecule has 3 saturated carbocycles. The number of hydrogen-bond acceptors (Lipinski definition) is 5. The molecule has 0 aromatic heterocycles. The largest absolute Gasteiger partial charge is 0.393 e. The van der Waals surface area contributed by atoms with Crippen molar-refractivity contribution in [3.05, 3.63) is 11.6 Å². The number of aliphatic hydroxyl groups excluding tert-OH is 2. The number of Topliss-reactive ketones (excluding diaryl/α,β-unsaturated/α-hetero) is 1. The fourth-order valence-electron chi connectivity index (χ4n) is 7.02. The van der Waals surface area contributed by atoms with Crippen LogP contribution < -0.4 is 0 Å². The molecule has 0 saturated heterocycles. The summed E-state index contributed by atoms with van der Waals surface area (Å²) in [6.45, 7) is 3.51. The maximum Gasteiger partial charge on any atom is 0.172 e. The number of carbonyl (C=O) groups is 2. The van der Waals surface area contributed by atoms with E-state index in [0.717, 1.165) is 19.3 Å². The smallest absolute Gasteiger partial charge is 0.172 e. The normalized spacial score (nSPS) is 51.2. The van der Waals surface area contributed by atoms with Gasteiger partial charge in [0.1, 0.15) is 5.60 Å². The standard InChI is InChI=1S/C21H30O5/c1-19-7-5-13(23)9-12(19)3-4-14-15-6-8-21(26,11-22)18(25)20(15,2)10-16(24)17(14)19/h9,14-17,22,24,26H,3-8,10-11H2,1-2H3/t14-,15-,16-,17+,19-,20-,21-/m0/s1. The second-order valence-electron chi connectivity index (χ2n) is 9.63. The van der Waals surface area contributed by atoms with Crippen molar-refractivity contribution in [2.75, 3.05) is 6.61 Å². The summed E-state index contributed by atoms with van der Waals surface area (Å²) in [5, 5.41) is 31.3. The Morgan fingerprint density at radius 1 is 1.12 bits per heavy atom. The summed E-state index contributed by atoms with van der Waals surface area (Å²) in [5.74, 6) is 0.276. The van der Waals surface area contributed by atoms with Crippen LogP contribution in [0.4, 0.5) is 0 Å². The lowest BCUT2D eigenvalue weighted by Gasteiger charge is -2.62. The maximum atomic E-state index is 13.1. The topological polar surface area (TPSA) is 94.8 Å². The first kappa shape index (κ1) is 18.3. The molecule has 3 fully saturated rings. The third kappa shape index (κ3) is 2.26. The van der Waals surface area contributed by atoms with Gasteiger partial charge in [-0.15, -0.1) is 0 Å². The van der Waals surface area contributed by atoms with E-state index in [9.17, 15) is 24.9 Å². The van der Waals surface area contributed by atoms with Gasteiger partial charge in [0.15, 0.2) is 11.6 Å². The summed E-state index contributed by atoms with van der Waals surface area (Å²) in [7, 11) is 0. The Morgan fingerprint density at radius 2 is 1.85 bits per heavy atom. The summed E-state index contributed by atoms with van der Waals surface area (Å²) < 4.78 is 0. The summed E-state index contributed by atoms with van der Waals surface area (Å²) >= 11 is 0. The van der Waals surface area contributed by atoms with Gasteiger partial charge in [-0.05, 0) is 67.8 Å². The molecule has 4 aliphatic carbocycles. The molecule has 0 bridgehead atoms. The molecule has 0 amide bonds. The molecule has 3 N–H and O–H groups in total. The van der Waals surface area contributed by atoms with Crippen LogP contribution in [0.1, 0.15) is 58.8 Å². The van der Waals surface area contributed by atoms with Gasteiger partial charge in [0.25, 0.3) is 0 Å². The summed E-state index contributed by atoms with van der Waals surface area (Å²) in [4.78, 5) is 25.0. The second-order valence-corrected chi connectivity index (χ2v) is 9.63. The lowest BCUT2D eigenvalue weighted by Crippen LogP contribution is -2.65. The van der Waals surface area contributed by atoms with Gasteiger partial charge < -0.3 is 15.3 Å². The highest BCUT2D eigenvalue weighted by molar-refractivity contribution is 5.94. The van der Waals surface area contributed by atoms with Gasteiger partial charge >= 0.3 is 0 Å². The van der Waals surface area contributed by atoms with Gasteiger partial charge in [0.05, 0.1) is 12.7 Å². The summed E-state index contributed by atoms with van der Waals surface area (Å²) in [6, 6.07) is 0. The minimum atomic E-state index is -1.67. The van der Waals surface area contributed by atoms with Crippen molar-refractivity contribution in [1.82, 2.24) is 0 Å². The fourth-order valence-corrected chi connectivity index (χ4v) is 7.02. The van der Waals surface area contributed by atoms with Crippen molar-refractivity contribution in [1.29, 1.82) is 0 Å². The summed E-state index contributed by atoms with van der Waals surface area (Å²) in [6.07, 6.45) is 5.51. The first-order chi connectivity index (χ1) is 12.2. The highest BCUT2D eigenvalue weighted by Gasteiger charge is 2.64. The van der Waals surface area contributed by atoms with Gasteiger partial charge in [0.2, 0.25) is 0 Å². The molecule has 0 unspecified atom stereocenters. The number of ketones is 2. The highest BCUT2D eigenvalue weighted by Crippen LogP contribution is 2.64. The van der Waals surface area contributed by atoms with Crippen molar-refractivity contribution in [3.8, 4) is 0 Å². The molecule has 4 rings (SSSR count). The van der Waals surface area contributed by atoms with E-state index in [1.54, 1.807) is 6.08 Å². The molecular weight excluding hydrogens is 332 g/mol. The Morgan fingerprint density at radius 3 is 2.54 bits per heavy atom. The number of aliphatic hydroxyl groups is 3. The van der Waals surface area contributed by atoms with Crippen LogP contribution >= 0.6 is 0 Å². The van der Waals surface area contributed by atoms with Crippen molar-refractivity contribution < 1.29 is 24.9 Å². The van der Waals surface area contributed by atoms with Gasteiger partial charge in [-0.3, -0.25) is 9.59 Å². The van der Waals surface area contributed by atoms with Crippen molar-refractivity contribution in [2.24, 2.45) is 28.6 Å². The lowest BCUT2D eigenvalue weighted by atomic mass is 9.43. The number of carbonyl (C=O) groups excluding carboxylic acids is 2. The Labute approximate surface area is 154 Å². The van der Waals surface area contributed by atoms with E-state index in [2.05, 4.69) is 6.92 Å². The predicted octanol–water partition coefficient (Wildman–Crippen LogP) is 1.78. The minimum Gasteiger partial charge on any atom is -0.393 e. The lowest BCUT2D eigenvalue weighted by molar-refractivity contribution is -0.190. The molecule has 4 aliphatic rings. The van der Waals surface area contributed by atoms with E-state index in [0.29, 0.717) is 25.7 Å². The van der Waals surface area contributed by atoms with E-state index < -0.39 is 23.7 Å². The Bertz CT molecular complexity index is 684. The van der Waals surface area contributed by atoms with E-state index in [-0.39, 0.29) is 34.7 Å². The maximum absolute atomic E-state index is 13.1. The average Bonchev–Trinajstić information content (AvgIpc) is 2.59. The van der Waals surface area contributed by atoms with Gasteiger partial charge in [-0.2, -0.15) is 0 Å². The molecule has 0 aromatic rings. The summed E-state index contributed by atoms with van der Waals surface area (Å²) in [5.41, 5.74) is -1.46. The van der Waals surface area contributed by atoms with Crippen LogP contribution in [0.15, 0.2) is 11.6 Å². The van der Waals surface area contributed by atoms with E-state index >= 15 is 0 Å². The molecular formula is C21H30O5. The molecule has 0 aliphatic heterocycles. The van der Waals surface area contributed by atoms with Crippen LogP contribution in [-0.2, 0) is 9.59 Å². The second kappa shape index (κ2) is 5.73. The van der Waals surface area contributed by atoms with Crippen LogP contribution in [0.3, 0.4) is 0 Å². The molecule has 0 aromatic carbocycles. The molecule has 26 heavy (non-hydrogen) atoms. The van der Waals surface area contributed by atoms with Crippen molar-refractivity contribution >= 4 is 11.6 Å². The minimum absolute atomic E-state index is 0.0572. The highest BCUT2D eigenvalue weighted by atomic mass is 16.3. The van der Waals surface area contributed by atoms with E-state index in [1.165, 1.54) is 5.57 Å². The first-order valence-corrected chi connectivity index (χ1v) is 9.96. The van der Waals surface area contributed by atoms with Crippen molar-refractivity contribution in [2.45, 2.75) is 70.5 Å². The zero-order chi connectivity index (χ0) is 18.9. The van der Waals surface area contributed by atoms with Gasteiger partial charge in [0, 0.05) is 11.8 Å². The van der Waals surface area contributed by atoms with Crippen molar-refractivity contribution in [3.63, 3.8) is 0 Å². The Hall–Kier alpha value is -1.04. The zero-order valence-corrected chi connectivity index (χ0v) is 15.7. The van der Waals surface area contributed by atoms with Crippen LogP contribution in [0.5, 0.6) is 0 Å². The monoisotopic (exact) mass is 362 g/mol. The third-order valence-electron chi connectivity index (χ3n) is 8.36. The molecule has 0 radical (unpaired) electrons. The van der Waals surface area contributed by atoms with Gasteiger partial charge in [-0.1, -0.05) is 19.4 Å². The molecule has 5 nitrogen and oxygen atoms in total. The van der Waals surface area contributed by atoms with Gasteiger partial charge in [-0.25, -0.2) is 0 Å². The van der Waals surface area contributed by atoms with Crippen LogP contribution in [0, 0.1) is 28.6 Å². The number of allylic oxidation sites excluding steroid dienone is 2. The predicted molar refractivity (Wildman–Crippen MR) is 95.1 cm³/mol. The fraction of sp³-hybridized carbons (Fsp3) is 0.810. The molecule has 7 atom stereocenters.